The molecule has 4 rings (SSSR count). The molecular formula is C24H25F5N6O4Si. The van der Waals surface area contributed by atoms with E-state index >= 15 is 0 Å². The summed E-state index contributed by atoms with van der Waals surface area (Å²) in [7, 11) is -1.42. The molecule has 0 aliphatic heterocycles. The van der Waals surface area contributed by atoms with Gasteiger partial charge in [-0.2, -0.15) is 18.2 Å². The highest BCUT2D eigenvalue weighted by Gasteiger charge is 2.37. The van der Waals surface area contributed by atoms with Gasteiger partial charge in [-0.05, 0) is 12.1 Å². The molecule has 4 aromatic rings. The third-order valence-corrected chi connectivity index (χ3v) is 7.24. The number of hydrogen-bond acceptors (Lipinski definition) is 7. The second-order valence-corrected chi connectivity index (χ2v) is 15.5. The minimum atomic E-state index is -4.82. The standard InChI is InChI=1S/C24H25F5N6O4Si/c1-40(2,3)7-6-37-13-35-11-15(24(27,28)29)20-18(4-5-30-22(20)35)39-21-16(25)8-14(9-17(21)26)33-23(36)31-10-19-32-12-38-34-19/h4-5,8-9,11-12H,6-7,10,13H2,1-3H3,(H2,31,33,36). The Morgan fingerprint density at radius 2 is 1.88 bits per heavy atom. The summed E-state index contributed by atoms with van der Waals surface area (Å²) in [6.45, 7) is 6.47. The molecule has 0 spiro atoms. The quantitative estimate of drug-likeness (QED) is 0.131. The zero-order valence-electron chi connectivity index (χ0n) is 21.6. The Morgan fingerprint density at radius 1 is 1.15 bits per heavy atom. The fourth-order valence-corrected chi connectivity index (χ4v) is 4.33. The Hall–Kier alpha value is -4.05. The SMILES string of the molecule is C[Si](C)(C)CCOCn1cc(C(F)(F)F)c2c(Oc3c(F)cc(NC(=O)NCc4ncon4)cc3F)ccnc21. The van der Waals surface area contributed by atoms with E-state index in [2.05, 4.69) is 49.9 Å². The van der Waals surface area contributed by atoms with Gasteiger partial charge in [0.2, 0.25) is 6.39 Å². The van der Waals surface area contributed by atoms with E-state index in [9.17, 15) is 26.7 Å². The molecule has 2 N–H and O–H groups in total. The molecule has 2 amide bonds. The number of nitrogens with one attached hydrogen (secondary N) is 2. The lowest BCUT2D eigenvalue weighted by atomic mass is 10.2. The molecule has 40 heavy (non-hydrogen) atoms. The smallest absolute Gasteiger partial charge is 0.418 e. The molecule has 0 fully saturated rings. The summed E-state index contributed by atoms with van der Waals surface area (Å²) < 4.78 is 88.2. The van der Waals surface area contributed by atoms with E-state index in [0.717, 1.165) is 43.0 Å². The highest BCUT2D eigenvalue weighted by molar-refractivity contribution is 6.76. The van der Waals surface area contributed by atoms with Crippen LogP contribution in [0.5, 0.6) is 11.5 Å². The van der Waals surface area contributed by atoms with Gasteiger partial charge in [0.05, 0.1) is 17.5 Å². The van der Waals surface area contributed by atoms with Crippen LogP contribution in [-0.2, 0) is 24.2 Å². The van der Waals surface area contributed by atoms with E-state index in [-0.39, 0.29) is 30.4 Å². The average molecular weight is 585 g/mol. The van der Waals surface area contributed by atoms with Crippen molar-refractivity contribution in [1.82, 2.24) is 25.0 Å². The lowest BCUT2D eigenvalue weighted by Gasteiger charge is -2.15. The Bertz CT molecular complexity index is 1460. The monoisotopic (exact) mass is 584 g/mol. The summed E-state index contributed by atoms with van der Waals surface area (Å²) in [6.07, 6.45) is -1.77. The highest BCUT2D eigenvalue weighted by Crippen LogP contribution is 2.42. The molecule has 0 aliphatic rings. The first-order valence-electron chi connectivity index (χ1n) is 11.9. The number of hydrogen-bond donors (Lipinski definition) is 2. The number of urea groups is 1. The van der Waals surface area contributed by atoms with Gasteiger partial charge in [-0.1, -0.05) is 24.8 Å². The second-order valence-electron chi connectivity index (χ2n) is 9.89. The van der Waals surface area contributed by atoms with Crippen molar-refractivity contribution in [3.63, 3.8) is 0 Å². The number of amides is 2. The molecular weight excluding hydrogens is 559 g/mol. The largest absolute Gasteiger partial charge is 0.450 e. The van der Waals surface area contributed by atoms with Crippen molar-refractivity contribution in [1.29, 1.82) is 0 Å². The van der Waals surface area contributed by atoms with E-state index in [4.69, 9.17) is 9.47 Å². The molecule has 16 heteroatoms. The Labute approximate surface area is 225 Å². The molecule has 0 saturated heterocycles. The number of rotatable bonds is 10. The lowest BCUT2D eigenvalue weighted by molar-refractivity contribution is -0.136. The number of aromatic nitrogens is 4. The van der Waals surface area contributed by atoms with Crippen LogP contribution < -0.4 is 15.4 Å². The number of nitrogens with zero attached hydrogens (tertiary/aromatic N) is 4. The van der Waals surface area contributed by atoms with Crippen molar-refractivity contribution in [3.05, 3.63) is 60.0 Å². The number of alkyl halides is 3. The summed E-state index contributed by atoms with van der Waals surface area (Å²) >= 11 is 0. The molecule has 214 valence electrons. The summed E-state index contributed by atoms with van der Waals surface area (Å²) in [5, 5.41) is 7.61. The molecule has 10 nitrogen and oxygen atoms in total. The summed E-state index contributed by atoms with van der Waals surface area (Å²) in [4.78, 5) is 19.8. The second kappa shape index (κ2) is 11.6. The zero-order valence-corrected chi connectivity index (χ0v) is 22.6. The number of ether oxygens (including phenoxy) is 2. The van der Waals surface area contributed by atoms with Gasteiger partial charge in [0.1, 0.15) is 18.1 Å². The van der Waals surface area contributed by atoms with Gasteiger partial charge < -0.3 is 29.2 Å². The minimum absolute atomic E-state index is 0.114. The predicted molar refractivity (Wildman–Crippen MR) is 135 cm³/mol. The number of benzene rings is 1. The highest BCUT2D eigenvalue weighted by atomic mass is 28.3. The van der Waals surface area contributed by atoms with E-state index in [0.29, 0.717) is 6.61 Å². The number of anilines is 1. The number of carbonyl (C=O) groups excluding carboxylic acids is 1. The van der Waals surface area contributed by atoms with Crippen LogP contribution in [0.2, 0.25) is 25.7 Å². The maximum absolute atomic E-state index is 14.9. The van der Waals surface area contributed by atoms with Gasteiger partial charge >= 0.3 is 12.2 Å². The summed E-state index contributed by atoms with van der Waals surface area (Å²) in [5.74, 6) is -3.78. The first kappa shape index (κ1) is 28.9. The molecule has 0 saturated carbocycles. The Balaban J connectivity index is 1.56. The van der Waals surface area contributed by atoms with Crippen LogP contribution in [0.15, 0.2) is 41.5 Å². The van der Waals surface area contributed by atoms with Crippen LogP contribution >= 0.6 is 0 Å². The molecule has 0 bridgehead atoms. The predicted octanol–water partition coefficient (Wildman–Crippen LogP) is 6.14. The first-order chi connectivity index (χ1) is 18.8. The van der Waals surface area contributed by atoms with Crippen LogP contribution in [0, 0.1) is 11.6 Å². The fraction of sp³-hybridized carbons (Fsp3) is 0.333. The van der Waals surface area contributed by atoms with E-state index in [1.54, 1.807) is 0 Å². The van der Waals surface area contributed by atoms with E-state index in [1.807, 2.05) is 0 Å². The zero-order chi connectivity index (χ0) is 29.1. The number of carbonyl (C=O) groups is 1. The number of fused-ring (bicyclic) bond motifs is 1. The topological polar surface area (TPSA) is 116 Å². The van der Waals surface area contributed by atoms with Crippen LogP contribution in [0.25, 0.3) is 11.0 Å². The van der Waals surface area contributed by atoms with E-state index < -0.39 is 54.4 Å². The van der Waals surface area contributed by atoms with Gasteiger partial charge in [-0.15, -0.1) is 0 Å². The first-order valence-corrected chi connectivity index (χ1v) is 15.6. The molecule has 3 heterocycles. The van der Waals surface area contributed by atoms with Crippen LogP contribution in [0.1, 0.15) is 11.4 Å². The van der Waals surface area contributed by atoms with Gasteiger partial charge in [0, 0.05) is 44.9 Å². The molecule has 3 aromatic heterocycles. The number of pyridine rings is 1. The van der Waals surface area contributed by atoms with Crippen LogP contribution in [-0.4, -0.2) is 40.4 Å². The van der Waals surface area contributed by atoms with Gasteiger partial charge in [0.25, 0.3) is 0 Å². The molecule has 1 aromatic carbocycles. The van der Waals surface area contributed by atoms with Crippen molar-refractivity contribution >= 4 is 30.8 Å². The van der Waals surface area contributed by atoms with Crippen molar-refractivity contribution in [2.24, 2.45) is 0 Å². The van der Waals surface area contributed by atoms with Crippen molar-refractivity contribution < 1.29 is 40.7 Å². The Morgan fingerprint density at radius 3 is 2.50 bits per heavy atom. The third kappa shape index (κ3) is 7.12. The van der Waals surface area contributed by atoms with Crippen LogP contribution in [0.4, 0.5) is 32.4 Å². The van der Waals surface area contributed by atoms with Crippen molar-refractivity contribution in [3.8, 4) is 11.5 Å². The van der Waals surface area contributed by atoms with Crippen LogP contribution in [0.3, 0.4) is 0 Å². The summed E-state index contributed by atoms with van der Waals surface area (Å²) in [5.41, 5.74) is -1.50. The minimum Gasteiger partial charge on any atom is -0.450 e. The summed E-state index contributed by atoms with van der Waals surface area (Å²) in [6, 6.07) is 2.57. The van der Waals surface area contributed by atoms with Crippen molar-refractivity contribution in [2.75, 3.05) is 11.9 Å². The van der Waals surface area contributed by atoms with Gasteiger partial charge in [0.15, 0.2) is 23.2 Å². The average Bonchev–Trinajstić information content (AvgIpc) is 3.51. The van der Waals surface area contributed by atoms with Gasteiger partial charge in [-0.25, -0.2) is 18.6 Å². The molecule has 0 atom stereocenters. The fourth-order valence-electron chi connectivity index (χ4n) is 3.57. The molecule has 0 unspecified atom stereocenters. The van der Waals surface area contributed by atoms with Gasteiger partial charge in [-0.3, -0.25) is 0 Å². The normalized spacial score (nSPS) is 12.1. The third-order valence-electron chi connectivity index (χ3n) is 5.53. The maximum atomic E-state index is 14.9. The maximum Gasteiger partial charge on any atom is 0.418 e. The number of halogens is 5. The molecule has 0 radical (unpaired) electrons. The lowest BCUT2D eigenvalue weighted by Crippen LogP contribution is -2.28. The van der Waals surface area contributed by atoms with Crippen molar-refractivity contribution in [2.45, 2.75) is 45.1 Å². The van der Waals surface area contributed by atoms with E-state index in [1.165, 1.54) is 4.57 Å². The molecule has 0 aliphatic carbocycles. The Kier molecular flexibility index (Phi) is 8.39.